The standard InChI is InChI=1S/C18H30O3.C2H6/c1-14-9-11-16(12-10-14)18(20)21-13-4-2-3-8-17(19)15-6-5-7-15;1-2/h14-16H,2-13H2,1H3;1-2H3. The Morgan fingerprint density at radius 3 is 2.09 bits per heavy atom. The molecule has 0 saturated heterocycles. The molecule has 3 nitrogen and oxygen atoms in total. The molecule has 0 spiro atoms. The molecule has 0 aromatic heterocycles. The molecule has 2 aliphatic carbocycles. The van der Waals surface area contributed by atoms with Crippen molar-refractivity contribution in [2.45, 2.75) is 91.4 Å². The van der Waals surface area contributed by atoms with Gasteiger partial charge in [-0.25, -0.2) is 0 Å². The lowest BCUT2D eigenvalue weighted by Crippen LogP contribution is -2.23. The van der Waals surface area contributed by atoms with E-state index in [-0.39, 0.29) is 11.9 Å². The maximum Gasteiger partial charge on any atom is 0.308 e. The molecule has 23 heavy (non-hydrogen) atoms. The van der Waals surface area contributed by atoms with Gasteiger partial charge in [0.25, 0.3) is 0 Å². The Morgan fingerprint density at radius 1 is 0.870 bits per heavy atom. The first-order valence-corrected chi connectivity index (χ1v) is 9.86. The predicted molar refractivity (Wildman–Crippen MR) is 94.2 cm³/mol. The number of carbonyl (C=O) groups excluding carboxylic acids is 2. The second-order valence-electron chi connectivity index (χ2n) is 7.03. The van der Waals surface area contributed by atoms with Gasteiger partial charge in [-0.2, -0.15) is 0 Å². The zero-order valence-corrected chi connectivity index (χ0v) is 15.4. The molecule has 0 bridgehead atoms. The highest BCUT2D eigenvalue weighted by Crippen LogP contribution is 2.29. The topological polar surface area (TPSA) is 43.4 Å². The molecule has 0 aromatic rings. The number of hydrogen-bond acceptors (Lipinski definition) is 3. The normalized spacial score (nSPS) is 24.1. The van der Waals surface area contributed by atoms with Crippen LogP contribution >= 0.6 is 0 Å². The number of unbranched alkanes of at least 4 members (excludes halogenated alkanes) is 2. The number of esters is 1. The Bertz CT molecular complexity index is 339. The quantitative estimate of drug-likeness (QED) is 0.449. The average molecular weight is 325 g/mol. The maximum absolute atomic E-state index is 11.9. The number of ether oxygens (including phenoxy) is 1. The first-order valence-electron chi connectivity index (χ1n) is 9.86. The SMILES string of the molecule is CC.CC1CCC(C(=O)OCCCCCC(=O)C2CCC2)CC1. The van der Waals surface area contributed by atoms with Crippen molar-refractivity contribution in [1.29, 1.82) is 0 Å². The summed E-state index contributed by atoms with van der Waals surface area (Å²) in [5.41, 5.74) is 0. The molecule has 3 heteroatoms. The van der Waals surface area contributed by atoms with Crippen molar-refractivity contribution in [3.05, 3.63) is 0 Å². The van der Waals surface area contributed by atoms with E-state index in [9.17, 15) is 9.59 Å². The molecule has 2 rings (SSSR count). The van der Waals surface area contributed by atoms with Gasteiger partial charge in [-0.05, 0) is 63.7 Å². The third kappa shape index (κ3) is 7.50. The van der Waals surface area contributed by atoms with Crippen LogP contribution in [-0.4, -0.2) is 18.4 Å². The van der Waals surface area contributed by atoms with Crippen LogP contribution in [0.3, 0.4) is 0 Å². The molecule has 0 heterocycles. The summed E-state index contributed by atoms with van der Waals surface area (Å²) in [6.45, 7) is 6.79. The molecule has 0 atom stereocenters. The lowest BCUT2D eigenvalue weighted by molar-refractivity contribution is -0.150. The van der Waals surface area contributed by atoms with E-state index in [2.05, 4.69) is 6.92 Å². The molecule has 2 fully saturated rings. The van der Waals surface area contributed by atoms with E-state index in [1.165, 1.54) is 6.42 Å². The lowest BCUT2D eigenvalue weighted by Gasteiger charge is -2.24. The van der Waals surface area contributed by atoms with E-state index in [0.717, 1.165) is 70.1 Å². The van der Waals surface area contributed by atoms with Gasteiger partial charge >= 0.3 is 5.97 Å². The molecule has 2 aliphatic rings. The molecule has 0 radical (unpaired) electrons. The Hall–Kier alpha value is -0.860. The van der Waals surface area contributed by atoms with Crippen LogP contribution in [0.25, 0.3) is 0 Å². The fourth-order valence-electron chi connectivity index (χ4n) is 3.30. The van der Waals surface area contributed by atoms with E-state index in [1.807, 2.05) is 13.8 Å². The minimum Gasteiger partial charge on any atom is -0.465 e. The second-order valence-corrected chi connectivity index (χ2v) is 7.03. The van der Waals surface area contributed by atoms with E-state index >= 15 is 0 Å². The smallest absolute Gasteiger partial charge is 0.308 e. The maximum atomic E-state index is 11.9. The minimum absolute atomic E-state index is 0.00689. The van der Waals surface area contributed by atoms with E-state index in [4.69, 9.17) is 4.74 Å². The molecule has 0 N–H and O–H groups in total. The molecule has 2 saturated carbocycles. The first kappa shape index (κ1) is 20.2. The van der Waals surface area contributed by atoms with Gasteiger partial charge in [-0.1, -0.05) is 27.2 Å². The van der Waals surface area contributed by atoms with Crippen molar-refractivity contribution in [2.75, 3.05) is 6.61 Å². The predicted octanol–water partition coefficient (Wildman–Crippen LogP) is 5.31. The van der Waals surface area contributed by atoms with Gasteiger partial charge in [0.15, 0.2) is 0 Å². The number of Topliss-reactive ketones (excluding diaryl/α,β-unsaturated/α-hetero) is 1. The third-order valence-corrected chi connectivity index (χ3v) is 5.22. The molecule has 134 valence electrons. The van der Waals surface area contributed by atoms with Crippen LogP contribution in [0.4, 0.5) is 0 Å². The number of ketones is 1. The first-order chi connectivity index (χ1) is 11.2. The van der Waals surface area contributed by atoms with E-state index in [1.54, 1.807) is 0 Å². The fraction of sp³-hybridized carbons (Fsp3) is 0.900. The summed E-state index contributed by atoms with van der Waals surface area (Å²) in [6, 6.07) is 0. The van der Waals surface area contributed by atoms with Crippen molar-refractivity contribution >= 4 is 11.8 Å². The van der Waals surface area contributed by atoms with Crippen LogP contribution in [0.5, 0.6) is 0 Å². The third-order valence-electron chi connectivity index (χ3n) is 5.22. The van der Waals surface area contributed by atoms with E-state index in [0.29, 0.717) is 18.3 Å². The van der Waals surface area contributed by atoms with Crippen LogP contribution in [0.2, 0.25) is 0 Å². The highest BCUT2D eigenvalue weighted by atomic mass is 16.5. The molecule has 0 aromatic carbocycles. The Kier molecular flexibility index (Phi) is 10.2. The van der Waals surface area contributed by atoms with Crippen LogP contribution in [0.1, 0.15) is 91.4 Å². The molecular weight excluding hydrogens is 288 g/mol. The summed E-state index contributed by atoms with van der Waals surface area (Å²) in [5, 5.41) is 0. The number of rotatable bonds is 8. The van der Waals surface area contributed by atoms with E-state index < -0.39 is 0 Å². The molecular formula is C20H36O3. The van der Waals surface area contributed by atoms with Gasteiger partial charge in [-0.15, -0.1) is 0 Å². The average Bonchev–Trinajstić information content (AvgIpc) is 2.51. The summed E-state index contributed by atoms with van der Waals surface area (Å²) in [4.78, 5) is 23.6. The van der Waals surface area contributed by atoms with Crippen molar-refractivity contribution in [2.24, 2.45) is 17.8 Å². The summed E-state index contributed by atoms with van der Waals surface area (Å²) < 4.78 is 5.38. The van der Waals surface area contributed by atoms with Crippen LogP contribution in [-0.2, 0) is 14.3 Å². The van der Waals surface area contributed by atoms with Crippen LogP contribution in [0, 0.1) is 17.8 Å². The summed E-state index contributed by atoms with van der Waals surface area (Å²) in [6.07, 6.45) is 11.3. The Balaban J connectivity index is 0.00000127. The Labute approximate surface area is 142 Å². The van der Waals surface area contributed by atoms with Gasteiger partial charge in [-0.3, -0.25) is 9.59 Å². The molecule has 0 aliphatic heterocycles. The molecule has 0 amide bonds. The zero-order chi connectivity index (χ0) is 17.1. The van der Waals surface area contributed by atoms with Gasteiger partial charge < -0.3 is 4.74 Å². The van der Waals surface area contributed by atoms with Crippen LogP contribution < -0.4 is 0 Å². The largest absolute Gasteiger partial charge is 0.465 e. The van der Waals surface area contributed by atoms with Crippen molar-refractivity contribution in [1.82, 2.24) is 0 Å². The van der Waals surface area contributed by atoms with Gasteiger partial charge in [0, 0.05) is 12.3 Å². The van der Waals surface area contributed by atoms with Crippen molar-refractivity contribution in [3.8, 4) is 0 Å². The zero-order valence-electron chi connectivity index (χ0n) is 15.4. The minimum atomic E-state index is 0.00689. The summed E-state index contributed by atoms with van der Waals surface area (Å²) >= 11 is 0. The molecule has 0 unspecified atom stereocenters. The van der Waals surface area contributed by atoms with Crippen LogP contribution in [0.15, 0.2) is 0 Å². The monoisotopic (exact) mass is 324 g/mol. The number of carbonyl (C=O) groups is 2. The lowest BCUT2D eigenvalue weighted by atomic mass is 9.81. The van der Waals surface area contributed by atoms with Crippen molar-refractivity contribution in [3.63, 3.8) is 0 Å². The highest BCUT2D eigenvalue weighted by Gasteiger charge is 2.25. The summed E-state index contributed by atoms with van der Waals surface area (Å²) in [5.74, 6) is 1.74. The van der Waals surface area contributed by atoms with Gasteiger partial charge in [0.05, 0.1) is 12.5 Å². The highest BCUT2D eigenvalue weighted by molar-refractivity contribution is 5.81. The van der Waals surface area contributed by atoms with Gasteiger partial charge in [0.2, 0.25) is 0 Å². The fourth-order valence-corrected chi connectivity index (χ4v) is 3.30. The Morgan fingerprint density at radius 2 is 1.52 bits per heavy atom. The number of hydrogen-bond donors (Lipinski definition) is 0. The second kappa shape index (κ2) is 11.6. The van der Waals surface area contributed by atoms with Crippen molar-refractivity contribution < 1.29 is 14.3 Å². The van der Waals surface area contributed by atoms with Gasteiger partial charge in [0.1, 0.15) is 5.78 Å². The summed E-state index contributed by atoms with van der Waals surface area (Å²) in [7, 11) is 0.